The van der Waals surface area contributed by atoms with Crippen LogP contribution in [0.25, 0.3) is 0 Å². The molecule has 1 aliphatic heterocycles. The normalized spacial score (nSPS) is 12.8. The van der Waals surface area contributed by atoms with Crippen LogP contribution in [-0.2, 0) is 6.54 Å². The van der Waals surface area contributed by atoms with E-state index in [1.165, 1.54) is 18.2 Å². The van der Waals surface area contributed by atoms with Crippen molar-refractivity contribution in [2.45, 2.75) is 19.9 Å². The van der Waals surface area contributed by atoms with Crippen molar-refractivity contribution < 1.29 is 23.9 Å². The first-order chi connectivity index (χ1) is 13.5. The van der Waals surface area contributed by atoms with Crippen LogP contribution in [0.1, 0.15) is 29.3 Å². The molecule has 8 nitrogen and oxygen atoms in total. The lowest BCUT2D eigenvalue weighted by atomic mass is 10.1. The minimum absolute atomic E-state index is 0.124. The summed E-state index contributed by atoms with van der Waals surface area (Å²) in [5.41, 5.74) is 0.631. The molecule has 9 heteroatoms. The van der Waals surface area contributed by atoms with E-state index in [0.29, 0.717) is 29.7 Å². The third-order valence-corrected chi connectivity index (χ3v) is 4.31. The van der Waals surface area contributed by atoms with Crippen LogP contribution in [0.2, 0.25) is 5.02 Å². The number of nitrogens with zero attached hydrogens (tertiary/aromatic N) is 1. The summed E-state index contributed by atoms with van der Waals surface area (Å²) in [7, 11) is 0. The summed E-state index contributed by atoms with van der Waals surface area (Å²) in [5, 5.41) is 14.3. The molecule has 2 aromatic carbocycles. The van der Waals surface area contributed by atoms with Crippen molar-refractivity contribution in [1.29, 1.82) is 0 Å². The molecule has 0 bridgehead atoms. The molecule has 0 saturated heterocycles. The molecule has 0 aliphatic carbocycles. The highest BCUT2D eigenvalue weighted by atomic mass is 35.5. The Morgan fingerprint density at radius 3 is 2.82 bits per heavy atom. The summed E-state index contributed by atoms with van der Waals surface area (Å²) in [4.78, 5) is 23.1. The average Bonchev–Trinajstić information content (AvgIpc) is 2.92. The standard InChI is InChI=1S/C19H19ClN2O6/c1-2-26-16-5-4-13(10-15(16)22(24)25)19(23)21-11-12-8-14(20)18-17(9-12)27-6-3-7-28-18/h4-5,8-10H,2-3,6-7,11H2,1H3,(H,21,23). The van der Waals surface area contributed by atoms with Gasteiger partial charge in [-0.15, -0.1) is 0 Å². The quantitative estimate of drug-likeness (QED) is 0.579. The number of hydrogen-bond acceptors (Lipinski definition) is 6. The molecule has 148 valence electrons. The zero-order chi connectivity index (χ0) is 20.1. The molecule has 0 spiro atoms. The molecule has 1 heterocycles. The van der Waals surface area contributed by atoms with Crippen molar-refractivity contribution >= 4 is 23.2 Å². The first-order valence-corrected chi connectivity index (χ1v) is 9.15. The van der Waals surface area contributed by atoms with Gasteiger partial charge in [0.25, 0.3) is 5.91 Å². The van der Waals surface area contributed by atoms with Gasteiger partial charge < -0.3 is 19.5 Å². The van der Waals surface area contributed by atoms with Crippen LogP contribution in [-0.4, -0.2) is 30.7 Å². The predicted molar refractivity (Wildman–Crippen MR) is 102 cm³/mol. The van der Waals surface area contributed by atoms with Gasteiger partial charge in [0.15, 0.2) is 17.2 Å². The van der Waals surface area contributed by atoms with E-state index in [1.807, 2.05) is 0 Å². The Bertz CT molecular complexity index is 902. The van der Waals surface area contributed by atoms with Crippen LogP contribution in [0.5, 0.6) is 17.2 Å². The summed E-state index contributed by atoms with van der Waals surface area (Å²) in [6.07, 6.45) is 0.758. The second-order valence-electron chi connectivity index (χ2n) is 6.01. The lowest BCUT2D eigenvalue weighted by Gasteiger charge is -2.12. The maximum absolute atomic E-state index is 12.4. The Hall–Kier alpha value is -3.00. The van der Waals surface area contributed by atoms with E-state index >= 15 is 0 Å². The highest BCUT2D eigenvalue weighted by molar-refractivity contribution is 6.32. The third-order valence-electron chi connectivity index (χ3n) is 4.03. The molecular formula is C19H19ClN2O6. The van der Waals surface area contributed by atoms with E-state index in [1.54, 1.807) is 19.1 Å². The molecule has 3 rings (SSSR count). The molecule has 1 aliphatic rings. The Labute approximate surface area is 166 Å². The van der Waals surface area contributed by atoms with Gasteiger partial charge in [-0.05, 0) is 36.8 Å². The fraction of sp³-hybridized carbons (Fsp3) is 0.316. The van der Waals surface area contributed by atoms with Crippen molar-refractivity contribution in [3.05, 3.63) is 56.6 Å². The number of benzene rings is 2. The zero-order valence-electron chi connectivity index (χ0n) is 15.2. The monoisotopic (exact) mass is 406 g/mol. The Morgan fingerprint density at radius 2 is 2.07 bits per heavy atom. The Morgan fingerprint density at radius 1 is 1.29 bits per heavy atom. The first-order valence-electron chi connectivity index (χ1n) is 8.77. The van der Waals surface area contributed by atoms with Crippen LogP contribution in [0.3, 0.4) is 0 Å². The number of halogens is 1. The highest BCUT2D eigenvalue weighted by Crippen LogP contribution is 2.38. The summed E-state index contributed by atoms with van der Waals surface area (Å²) in [6, 6.07) is 7.54. The first kappa shape index (κ1) is 19.8. The molecule has 28 heavy (non-hydrogen) atoms. The highest BCUT2D eigenvalue weighted by Gasteiger charge is 2.19. The van der Waals surface area contributed by atoms with Crippen molar-refractivity contribution in [2.24, 2.45) is 0 Å². The average molecular weight is 407 g/mol. The number of hydrogen-bond donors (Lipinski definition) is 1. The molecule has 0 radical (unpaired) electrons. The number of nitrogens with one attached hydrogen (secondary N) is 1. The number of nitro benzene ring substituents is 1. The number of carbonyl (C=O) groups excluding carboxylic acids is 1. The molecule has 2 aromatic rings. The largest absolute Gasteiger partial charge is 0.489 e. The van der Waals surface area contributed by atoms with Crippen LogP contribution in [0.4, 0.5) is 5.69 Å². The van der Waals surface area contributed by atoms with E-state index < -0.39 is 10.8 Å². The minimum atomic E-state index is -0.578. The van der Waals surface area contributed by atoms with E-state index in [4.69, 9.17) is 25.8 Å². The second kappa shape index (κ2) is 8.79. The van der Waals surface area contributed by atoms with Gasteiger partial charge in [0.05, 0.1) is 29.8 Å². The molecule has 0 atom stereocenters. The topological polar surface area (TPSA) is 99.9 Å². The van der Waals surface area contributed by atoms with E-state index in [9.17, 15) is 14.9 Å². The SMILES string of the molecule is CCOc1ccc(C(=O)NCc2cc(Cl)c3c(c2)OCCCO3)cc1[N+](=O)[O-]. The number of rotatable bonds is 6. The van der Waals surface area contributed by atoms with Crippen molar-refractivity contribution in [3.63, 3.8) is 0 Å². The fourth-order valence-corrected chi connectivity index (χ4v) is 3.04. The summed E-state index contributed by atoms with van der Waals surface area (Å²) in [5.74, 6) is 0.704. The Kier molecular flexibility index (Phi) is 6.20. The van der Waals surface area contributed by atoms with Gasteiger partial charge in [-0.1, -0.05) is 11.6 Å². The number of fused-ring (bicyclic) bond motifs is 1. The summed E-state index contributed by atoms with van der Waals surface area (Å²) < 4.78 is 16.4. The molecular weight excluding hydrogens is 388 g/mol. The molecule has 0 aromatic heterocycles. The molecule has 1 N–H and O–H groups in total. The Balaban J connectivity index is 1.74. The lowest BCUT2D eigenvalue weighted by molar-refractivity contribution is -0.385. The molecule has 0 unspecified atom stereocenters. The smallest absolute Gasteiger partial charge is 0.311 e. The van der Waals surface area contributed by atoms with Gasteiger partial charge in [0.2, 0.25) is 0 Å². The molecule has 0 fully saturated rings. The third kappa shape index (κ3) is 4.45. The van der Waals surface area contributed by atoms with Crippen LogP contribution < -0.4 is 19.5 Å². The van der Waals surface area contributed by atoms with Crippen molar-refractivity contribution in [2.75, 3.05) is 19.8 Å². The lowest BCUT2D eigenvalue weighted by Crippen LogP contribution is -2.23. The van der Waals surface area contributed by atoms with Crippen molar-refractivity contribution in [1.82, 2.24) is 5.32 Å². The molecule has 1 amide bonds. The van der Waals surface area contributed by atoms with Gasteiger partial charge in [0, 0.05) is 24.6 Å². The predicted octanol–water partition coefficient (Wildman–Crippen LogP) is 3.74. The second-order valence-corrected chi connectivity index (χ2v) is 6.42. The number of ether oxygens (including phenoxy) is 3. The van der Waals surface area contributed by atoms with Crippen molar-refractivity contribution in [3.8, 4) is 17.2 Å². The van der Waals surface area contributed by atoms with Gasteiger partial charge >= 0.3 is 5.69 Å². The van der Waals surface area contributed by atoms with Crippen LogP contribution >= 0.6 is 11.6 Å². The number of nitro groups is 1. The van der Waals surface area contributed by atoms with E-state index in [0.717, 1.165) is 12.0 Å². The number of amides is 1. The summed E-state index contributed by atoms with van der Waals surface area (Å²) >= 11 is 6.25. The minimum Gasteiger partial charge on any atom is -0.489 e. The maximum atomic E-state index is 12.4. The van der Waals surface area contributed by atoms with Gasteiger partial charge in [-0.2, -0.15) is 0 Å². The fourth-order valence-electron chi connectivity index (χ4n) is 2.75. The number of carbonyl (C=O) groups is 1. The van der Waals surface area contributed by atoms with Crippen LogP contribution in [0, 0.1) is 10.1 Å². The van der Waals surface area contributed by atoms with Gasteiger partial charge in [0.1, 0.15) is 0 Å². The van der Waals surface area contributed by atoms with E-state index in [2.05, 4.69) is 5.32 Å². The maximum Gasteiger partial charge on any atom is 0.311 e. The summed E-state index contributed by atoms with van der Waals surface area (Å²) in [6.45, 7) is 3.24. The van der Waals surface area contributed by atoms with Crippen LogP contribution in [0.15, 0.2) is 30.3 Å². The zero-order valence-corrected chi connectivity index (χ0v) is 16.0. The molecule has 0 saturated carbocycles. The van der Waals surface area contributed by atoms with E-state index in [-0.39, 0.29) is 30.2 Å². The van der Waals surface area contributed by atoms with Gasteiger partial charge in [-0.25, -0.2) is 0 Å². The van der Waals surface area contributed by atoms with Gasteiger partial charge in [-0.3, -0.25) is 14.9 Å².